The monoisotopic (exact) mass is 464 g/mol. The number of aromatic nitrogens is 3. The second-order valence-corrected chi connectivity index (χ2v) is 8.25. The number of carbonyl (C=O) groups is 2. The van der Waals surface area contributed by atoms with Crippen molar-refractivity contribution in [1.29, 1.82) is 0 Å². The van der Waals surface area contributed by atoms with Gasteiger partial charge in [-0.05, 0) is 25.0 Å². The Hall–Kier alpha value is -4.08. The van der Waals surface area contributed by atoms with Crippen molar-refractivity contribution in [2.45, 2.75) is 25.8 Å². The van der Waals surface area contributed by atoms with Gasteiger partial charge in [0.05, 0.1) is 22.9 Å². The highest BCUT2D eigenvalue weighted by Crippen LogP contribution is 2.30. The van der Waals surface area contributed by atoms with E-state index in [-0.39, 0.29) is 23.4 Å². The summed E-state index contributed by atoms with van der Waals surface area (Å²) in [6.07, 6.45) is 3.63. The van der Waals surface area contributed by atoms with Gasteiger partial charge in [-0.3, -0.25) is 14.0 Å². The van der Waals surface area contributed by atoms with Gasteiger partial charge in [-0.15, -0.1) is 0 Å². The quantitative estimate of drug-likeness (QED) is 0.365. The molecule has 1 fully saturated rings. The van der Waals surface area contributed by atoms with E-state index < -0.39 is 11.6 Å². The van der Waals surface area contributed by atoms with E-state index >= 15 is 0 Å². The molecule has 174 valence electrons. The first-order valence-electron chi connectivity index (χ1n) is 11.0. The normalized spacial score (nSPS) is 13.3. The third-order valence-corrected chi connectivity index (χ3v) is 5.61. The van der Waals surface area contributed by atoms with Crippen molar-refractivity contribution in [3.8, 4) is 11.3 Å². The number of fused-ring (bicyclic) bond motifs is 3. The second kappa shape index (κ2) is 8.69. The Morgan fingerprint density at radius 1 is 1.09 bits per heavy atom. The highest BCUT2D eigenvalue weighted by Gasteiger charge is 2.24. The Kier molecular flexibility index (Phi) is 5.56. The van der Waals surface area contributed by atoms with E-state index in [4.69, 9.17) is 0 Å². The largest absolute Gasteiger partial charge is 0.365 e. The third-order valence-electron chi connectivity index (χ3n) is 5.61. The predicted octanol–water partition coefficient (Wildman–Crippen LogP) is 3.27. The third kappa shape index (κ3) is 4.26. The Labute approximate surface area is 193 Å². The molecule has 0 saturated heterocycles. The highest BCUT2D eigenvalue weighted by molar-refractivity contribution is 5.95. The maximum absolute atomic E-state index is 14.2. The second-order valence-electron chi connectivity index (χ2n) is 8.25. The molecule has 0 bridgehead atoms. The zero-order valence-corrected chi connectivity index (χ0v) is 18.4. The number of amides is 2. The van der Waals surface area contributed by atoms with Crippen LogP contribution in [0.5, 0.6) is 0 Å². The van der Waals surface area contributed by atoms with Crippen LogP contribution in [-0.4, -0.2) is 45.3 Å². The lowest BCUT2D eigenvalue weighted by atomic mass is 10.1. The molecule has 3 N–H and O–H groups in total. The van der Waals surface area contributed by atoms with Gasteiger partial charge in [0.25, 0.3) is 5.91 Å². The lowest BCUT2D eigenvalue weighted by Crippen LogP contribution is -2.26. The number of halogens is 2. The summed E-state index contributed by atoms with van der Waals surface area (Å²) >= 11 is 0. The van der Waals surface area contributed by atoms with Crippen LogP contribution in [0.3, 0.4) is 0 Å². The van der Waals surface area contributed by atoms with Gasteiger partial charge in [-0.25, -0.2) is 18.7 Å². The van der Waals surface area contributed by atoms with Crippen LogP contribution in [0.1, 0.15) is 30.1 Å². The van der Waals surface area contributed by atoms with E-state index in [1.54, 1.807) is 34.9 Å². The average Bonchev–Trinajstić information content (AvgIpc) is 3.51. The number of hydrogen-bond donors (Lipinski definition) is 3. The summed E-state index contributed by atoms with van der Waals surface area (Å²) in [6, 6.07) is 9.43. The Bertz CT molecular complexity index is 1410. The van der Waals surface area contributed by atoms with Crippen molar-refractivity contribution in [2.24, 2.45) is 0 Å². The summed E-state index contributed by atoms with van der Waals surface area (Å²) in [5, 5.41) is 8.74. The molecule has 2 amide bonds. The van der Waals surface area contributed by atoms with E-state index in [0.717, 1.165) is 30.5 Å². The van der Waals surface area contributed by atoms with Crippen molar-refractivity contribution in [2.75, 3.05) is 18.4 Å². The summed E-state index contributed by atoms with van der Waals surface area (Å²) in [7, 11) is 0. The van der Waals surface area contributed by atoms with Crippen LogP contribution in [0.2, 0.25) is 0 Å². The molecule has 10 heteroatoms. The topological polar surface area (TPSA) is 100 Å². The molecule has 2 aromatic carbocycles. The van der Waals surface area contributed by atoms with Crippen molar-refractivity contribution in [1.82, 2.24) is 25.0 Å². The highest BCUT2D eigenvalue weighted by atomic mass is 19.2. The summed E-state index contributed by atoms with van der Waals surface area (Å²) in [4.78, 5) is 32.3. The number of nitrogens with one attached hydrogen (secondary N) is 3. The van der Waals surface area contributed by atoms with E-state index in [0.29, 0.717) is 41.3 Å². The van der Waals surface area contributed by atoms with Crippen LogP contribution in [0.25, 0.3) is 27.9 Å². The molecule has 2 heterocycles. The van der Waals surface area contributed by atoms with Crippen molar-refractivity contribution < 1.29 is 18.4 Å². The predicted molar refractivity (Wildman–Crippen MR) is 124 cm³/mol. The molecule has 4 aromatic rings. The van der Waals surface area contributed by atoms with E-state index in [1.165, 1.54) is 6.92 Å². The van der Waals surface area contributed by atoms with Gasteiger partial charge in [0.1, 0.15) is 0 Å². The lowest BCUT2D eigenvalue weighted by molar-refractivity contribution is -0.118. The first-order chi connectivity index (χ1) is 16.4. The first-order valence-corrected chi connectivity index (χ1v) is 11.0. The van der Waals surface area contributed by atoms with Gasteiger partial charge in [0.2, 0.25) is 5.91 Å². The number of rotatable bonds is 7. The molecule has 0 unspecified atom stereocenters. The van der Waals surface area contributed by atoms with Crippen molar-refractivity contribution >= 4 is 34.3 Å². The number of carbonyl (C=O) groups excluding carboxylic acids is 2. The van der Waals surface area contributed by atoms with Crippen LogP contribution < -0.4 is 16.0 Å². The number of benzene rings is 2. The van der Waals surface area contributed by atoms with Crippen LogP contribution in [-0.2, 0) is 4.79 Å². The maximum Gasteiger partial charge on any atom is 0.251 e. The van der Waals surface area contributed by atoms with Gasteiger partial charge >= 0.3 is 0 Å². The SMILES string of the molecule is CC(=O)NCCNc1nc2cc(F)c(F)cc2n2c(-c3ccc(C(=O)NC4CC4)cc3)cnc12. The van der Waals surface area contributed by atoms with Crippen LogP contribution in [0.15, 0.2) is 42.6 Å². The molecule has 1 aliphatic carbocycles. The molecular formula is C24H22F2N6O2. The number of imidazole rings is 1. The Balaban J connectivity index is 1.56. The average molecular weight is 464 g/mol. The van der Waals surface area contributed by atoms with E-state index in [1.807, 2.05) is 0 Å². The minimum absolute atomic E-state index is 0.120. The van der Waals surface area contributed by atoms with Crippen LogP contribution in [0.4, 0.5) is 14.6 Å². The zero-order chi connectivity index (χ0) is 23.8. The Morgan fingerprint density at radius 3 is 2.53 bits per heavy atom. The minimum atomic E-state index is -1.00. The molecule has 0 radical (unpaired) electrons. The molecule has 2 aromatic heterocycles. The van der Waals surface area contributed by atoms with Crippen LogP contribution in [0, 0.1) is 11.6 Å². The number of nitrogens with zero attached hydrogens (tertiary/aromatic N) is 3. The molecule has 34 heavy (non-hydrogen) atoms. The minimum Gasteiger partial charge on any atom is -0.365 e. The van der Waals surface area contributed by atoms with Crippen molar-refractivity contribution in [3.05, 3.63) is 59.8 Å². The molecule has 8 nitrogen and oxygen atoms in total. The maximum atomic E-state index is 14.2. The van der Waals surface area contributed by atoms with Gasteiger partial charge in [-0.2, -0.15) is 0 Å². The van der Waals surface area contributed by atoms with E-state index in [9.17, 15) is 18.4 Å². The summed E-state index contributed by atoms with van der Waals surface area (Å²) < 4.78 is 29.8. The fourth-order valence-electron chi connectivity index (χ4n) is 3.76. The fourth-order valence-corrected chi connectivity index (χ4v) is 3.76. The molecule has 0 spiro atoms. The van der Waals surface area contributed by atoms with Gasteiger partial charge in [0, 0.05) is 49.3 Å². The summed E-state index contributed by atoms with van der Waals surface area (Å²) in [5.74, 6) is -1.90. The molecule has 1 aliphatic rings. The van der Waals surface area contributed by atoms with Crippen LogP contribution >= 0.6 is 0 Å². The molecule has 5 rings (SSSR count). The van der Waals surface area contributed by atoms with Gasteiger partial charge < -0.3 is 16.0 Å². The lowest BCUT2D eigenvalue weighted by Gasteiger charge is -2.12. The summed E-state index contributed by atoms with van der Waals surface area (Å²) in [5.41, 5.74) is 2.94. The molecule has 0 aliphatic heterocycles. The number of anilines is 1. The molecular weight excluding hydrogens is 442 g/mol. The standard InChI is InChI=1S/C24H22F2N6O2/c1-13(33)27-8-9-28-22-23-29-12-21(32(23)20-11-18(26)17(25)10-19(20)31-22)14-2-4-15(5-3-14)24(34)30-16-6-7-16/h2-5,10-12,16H,6-9H2,1H3,(H,27,33)(H,28,31)(H,30,34). The fraction of sp³-hybridized carbons (Fsp3) is 0.250. The Morgan fingerprint density at radius 2 is 1.82 bits per heavy atom. The smallest absolute Gasteiger partial charge is 0.251 e. The van der Waals surface area contributed by atoms with Crippen molar-refractivity contribution in [3.63, 3.8) is 0 Å². The molecule has 1 saturated carbocycles. The molecule has 0 atom stereocenters. The zero-order valence-electron chi connectivity index (χ0n) is 18.4. The number of hydrogen-bond acceptors (Lipinski definition) is 5. The first kappa shape index (κ1) is 21.7. The van der Waals surface area contributed by atoms with Gasteiger partial charge in [-0.1, -0.05) is 12.1 Å². The van der Waals surface area contributed by atoms with E-state index in [2.05, 4.69) is 25.9 Å². The van der Waals surface area contributed by atoms with Gasteiger partial charge in [0.15, 0.2) is 23.1 Å². The summed E-state index contributed by atoms with van der Waals surface area (Å²) in [6.45, 7) is 2.15.